The molecule has 2 rings (SSSR count). The Hall–Kier alpha value is -2.63. The lowest BCUT2D eigenvalue weighted by Crippen LogP contribution is -2.38. The number of anilines is 2. The number of nitrogens with one attached hydrogen (secondary N) is 2. The molecule has 7 nitrogen and oxygen atoms in total. The second kappa shape index (κ2) is 9.67. The van der Waals surface area contributed by atoms with Crippen molar-refractivity contribution in [2.75, 3.05) is 23.7 Å². The molecule has 0 aromatic heterocycles. The van der Waals surface area contributed by atoms with Gasteiger partial charge in [-0.1, -0.05) is 18.5 Å². The number of rotatable bonds is 7. The summed E-state index contributed by atoms with van der Waals surface area (Å²) in [6.07, 6.45) is -4.76. The topological polar surface area (TPSA) is 95.6 Å². The lowest BCUT2D eigenvalue weighted by molar-refractivity contribution is -0.137. The van der Waals surface area contributed by atoms with E-state index < -0.39 is 39.1 Å². The van der Waals surface area contributed by atoms with E-state index in [1.807, 2.05) is 0 Å². The van der Waals surface area contributed by atoms with Gasteiger partial charge in [-0.05, 0) is 42.5 Å². The van der Waals surface area contributed by atoms with Crippen LogP contribution in [0.2, 0.25) is 5.02 Å². The van der Waals surface area contributed by atoms with E-state index in [-0.39, 0.29) is 17.5 Å². The Kier molecular flexibility index (Phi) is 7.68. The maximum atomic E-state index is 13.0. The SMILES string of the molecule is CCN(CC(=O)Nc1ccc(NC(C)=O)cc1)S(=O)(=O)c1cc(C(F)(F)F)ccc1Cl. The summed E-state index contributed by atoms with van der Waals surface area (Å²) in [5.41, 5.74) is -0.331. The first-order valence-corrected chi connectivity index (χ1v) is 10.7. The van der Waals surface area contributed by atoms with Gasteiger partial charge in [-0.3, -0.25) is 9.59 Å². The number of sulfonamides is 1. The minimum atomic E-state index is -4.76. The highest BCUT2D eigenvalue weighted by molar-refractivity contribution is 7.89. The molecule has 0 spiro atoms. The van der Waals surface area contributed by atoms with Gasteiger partial charge in [0.2, 0.25) is 21.8 Å². The fourth-order valence-electron chi connectivity index (χ4n) is 2.58. The second-order valence-corrected chi connectivity index (χ2v) is 8.69. The molecule has 0 aliphatic heterocycles. The van der Waals surface area contributed by atoms with Crippen LogP contribution in [0.5, 0.6) is 0 Å². The molecule has 2 aromatic carbocycles. The summed E-state index contributed by atoms with van der Waals surface area (Å²) in [7, 11) is -4.48. The van der Waals surface area contributed by atoms with Gasteiger partial charge in [-0.2, -0.15) is 17.5 Å². The number of nitrogens with zero attached hydrogens (tertiary/aromatic N) is 1. The van der Waals surface area contributed by atoms with Crippen LogP contribution in [0.4, 0.5) is 24.5 Å². The van der Waals surface area contributed by atoms with Crippen LogP contribution in [0, 0.1) is 0 Å². The van der Waals surface area contributed by atoms with E-state index in [1.165, 1.54) is 38.1 Å². The van der Waals surface area contributed by atoms with Gasteiger partial charge in [0, 0.05) is 24.8 Å². The third kappa shape index (κ3) is 6.42. The highest BCUT2D eigenvalue weighted by Gasteiger charge is 2.34. The van der Waals surface area contributed by atoms with Crippen LogP contribution in [0.15, 0.2) is 47.4 Å². The minimum absolute atomic E-state index is 0.177. The summed E-state index contributed by atoms with van der Waals surface area (Å²) in [4.78, 5) is 22.6. The first kappa shape index (κ1) is 24.6. The van der Waals surface area contributed by atoms with Crippen molar-refractivity contribution in [2.45, 2.75) is 24.9 Å². The predicted octanol–water partition coefficient (Wildman–Crippen LogP) is 3.97. The monoisotopic (exact) mass is 477 g/mol. The Morgan fingerprint density at radius 3 is 2.06 bits per heavy atom. The van der Waals surface area contributed by atoms with E-state index in [2.05, 4.69) is 10.6 Å². The highest BCUT2D eigenvalue weighted by Crippen LogP contribution is 2.34. The molecule has 168 valence electrons. The normalized spacial score (nSPS) is 12.0. The fourth-order valence-corrected chi connectivity index (χ4v) is 4.49. The van der Waals surface area contributed by atoms with Crippen LogP contribution >= 0.6 is 11.6 Å². The minimum Gasteiger partial charge on any atom is -0.326 e. The summed E-state index contributed by atoms with van der Waals surface area (Å²) >= 11 is 5.85. The van der Waals surface area contributed by atoms with Gasteiger partial charge in [0.1, 0.15) is 4.90 Å². The molecule has 0 saturated carbocycles. The van der Waals surface area contributed by atoms with Crippen molar-refractivity contribution < 1.29 is 31.2 Å². The summed E-state index contributed by atoms with van der Waals surface area (Å²) in [5, 5.41) is 4.66. The van der Waals surface area contributed by atoms with E-state index >= 15 is 0 Å². The third-order valence-electron chi connectivity index (χ3n) is 4.04. The van der Waals surface area contributed by atoms with Gasteiger partial charge in [0.15, 0.2) is 0 Å². The number of amides is 2. The highest BCUT2D eigenvalue weighted by atomic mass is 35.5. The van der Waals surface area contributed by atoms with Crippen molar-refractivity contribution in [3.8, 4) is 0 Å². The molecule has 31 heavy (non-hydrogen) atoms. The van der Waals surface area contributed by atoms with Gasteiger partial charge in [0.05, 0.1) is 17.1 Å². The summed E-state index contributed by atoms with van der Waals surface area (Å²) in [5.74, 6) is -0.977. The molecule has 0 aliphatic rings. The van der Waals surface area contributed by atoms with Crippen molar-refractivity contribution in [3.05, 3.63) is 53.1 Å². The van der Waals surface area contributed by atoms with Crippen LogP contribution in [0.1, 0.15) is 19.4 Å². The van der Waals surface area contributed by atoms with Gasteiger partial charge in [-0.15, -0.1) is 0 Å². The molecular weight excluding hydrogens is 459 g/mol. The van der Waals surface area contributed by atoms with Crippen molar-refractivity contribution in [2.24, 2.45) is 0 Å². The number of alkyl halides is 3. The Morgan fingerprint density at radius 2 is 1.58 bits per heavy atom. The summed E-state index contributed by atoms with van der Waals surface area (Å²) in [6, 6.07) is 8.03. The van der Waals surface area contributed by atoms with Crippen molar-refractivity contribution in [3.63, 3.8) is 0 Å². The summed E-state index contributed by atoms with van der Waals surface area (Å²) < 4.78 is 65.4. The van der Waals surface area contributed by atoms with Crippen molar-refractivity contribution in [1.29, 1.82) is 0 Å². The van der Waals surface area contributed by atoms with Crippen LogP contribution in [0.3, 0.4) is 0 Å². The predicted molar refractivity (Wildman–Crippen MR) is 110 cm³/mol. The number of carbonyl (C=O) groups is 2. The number of hydrogen-bond acceptors (Lipinski definition) is 4. The molecule has 0 heterocycles. The number of halogens is 4. The third-order valence-corrected chi connectivity index (χ3v) is 6.44. The number of benzene rings is 2. The Labute approximate surface area is 182 Å². The lowest BCUT2D eigenvalue weighted by atomic mass is 10.2. The zero-order valence-corrected chi connectivity index (χ0v) is 18.0. The molecule has 0 radical (unpaired) electrons. The molecule has 0 fully saturated rings. The average Bonchev–Trinajstić information content (AvgIpc) is 2.66. The number of likely N-dealkylation sites (N-methyl/N-ethyl adjacent to an activating group) is 1. The van der Waals surface area contributed by atoms with Gasteiger partial charge in [0.25, 0.3) is 0 Å². The molecule has 0 aliphatic carbocycles. The smallest absolute Gasteiger partial charge is 0.326 e. The fraction of sp³-hybridized carbons (Fsp3) is 0.263. The maximum absolute atomic E-state index is 13.0. The van der Waals surface area contributed by atoms with Crippen LogP contribution in [-0.4, -0.2) is 37.6 Å². The molecule has 12 heteroatoms. The average molecular weight is 478 g/mol. The second-order valence-electron chi connectivity index (χ2n) is 6.38. The largest absolute Gasteiger partial charge is 0.416 e. The zero-order valence-electron chi connectivity index (χ0n) is 16.5. The molecule has 0 unspecified atom stereocenters. The van der Waals surface area contributed by atoms with Gasteiger partial charge < -0.3 is 10.6 Å². The molecule has 2 amide bonds. The van der Waals surface area contributed by atoms with E-state index in [0.29, 0.717) is 23.5 Å². The molecule has 2 aromatic rings. The first-order chi connectivity index (χ1) is 14.3. The number of hydrogen-bond donors (Lipinski definition) is 2. The van der Waals surface area contributed by atoms with E-state index in [9.17, 15) is 31.2 Å². The van der Waals surface area contributed by atoms with Crippen LogP contribution < -0.4 is 10.6 Å². The molecule has 0 saturated heterocycles. The van der Waals surface area contributed by atoms with Crippen molar-refractivity contribution in [1.82, 2.24) is 4.31 Å². The van der Waals surface area contributed by atoms with E-state index in [0.717, 1.165) is 10.4 Å². The van der Waals surface area contributed by atoms with E-state index in [4.69, 9.17) is 11.6 Å². The standard InChI is InChI=1S/C19H19ClF3N3O4S/c1-3-26(11-18(28)25-15-7-5-14(6-8-15)24-12(2)27)31(29,30)17-10-13(19(21,22)23)4-9-16(17)20/h4-10H,3,11H2,1-2H3,(H,24,27)(H,25,28). The lowest BCUT2D eigenvalue weighted by Gasteiger charge is -2.21. The summed E-state index contributed by atoms with van der Waals surface area (Å²) in [6.45, 7) is 1.96. The Bertz CT molecular complexity index is 1070. The van der Waals surface area contributed by atoms with E-state index in [1.54, 1.807) is 0 Å². The number of carbonyl (C=O) groups excluding carboxylic acids is 2. The molecule has 2 N–H and O–H groups in total. The van der Waals surface area contributed by atoms with Crippen molar-refractivity contribution >= 4 is 44.8 Å². The molecule has 0 atom stereocenters. The zero-order chi connectivity index (χ0) is 23.4. The maximum Gasteiger partial charge on any atom is 0.416 e. The van der Waals surface area contributed by atoms with Crippen LogP contribution in [-0.2, 0) is 25.8 Å². The quantitative estimate of drug-likeness (QED) is 0.631. The molecular formula is C19H19ClF3N3O4S. The van der Waals surface area contributed by atoms with Gasteiger partial charge >= 0.3 is 6.18 Å². The molecule has 0 bridgehead atoms. The Morgan fingerprint density at radius 1 is 1.03 bits per heavy atom. The first-order valence-electron chi connectivity index (χ1n) is 8.89. The Balaban J connectivity index is 2.20. The van der Waals surface area contributed by atoms with Gasteiger partial charge in [-0.25, -0.2) is 8.42 Å². The van der Waals surface area contributed by atoms with Crippen LogP contribution in [0.25, 0.3) is 0 Å².